The molecule has 0 aromatic rings. The number of hydrogen-bond acceptors (Lipinski definition) is 5. The van der Waals surface area contributed by atoms with E-state index in [1.807, 2.05) is 6.92 Å². The molecule has 0 saturated heterocycles. The van der Waals surface area contributed by atoms with Crippen molar-refractivity contribution in [2.75, 3.05) is 39.6 Å². The minimum Gasteiger partial charge on any atom is -0.396 e. The Morgan fingerprint density at radius 1 is 1.21 bits per heavy atom. The number of aliphatic hydroxyl groups is 2. The SMILES string of the molecule is CCOCCOCC(O)CNC1CCCCC1CO. The highest BCUT2D eigenvalue weighted by Crippen LogP contribution is 2.23. The molecule has 5 heteroatoms. The molecule has 0 bridgehead atoms. The van der Waals surface area contributed by atoms with Crippen LogP contribution >= 0.6 is 0 Å². The summed E-state index contributed by atoms with van der Waals surface area (Å²) in [5, 5.41) is 22.5. The molecule has 3 unspecified atom stereocenters. The first kappa shape index (κ1) is 16.9. The average Bonchev–Trinajstić information content (AvgIpc) is 2.45. The van der Waals surface area contributed by atoms with E-state index in [4.69, 9.17) is 9.47 Å². The van der Waals surface area contributed by atoms with Crippen molar-refractivity contribution in [3.8, 4) is 0 Å². The molecule has 0 radical (unpaired) electrons. The third-order valence-corrected chi connectivity index (χ3v) is 3.65. The maximum Gasteiger partial charge on any atom is 0.0897 e. The first-order chi connectivity index (χ1) is 9.27. The molecule has 3 N–H and O–H groups in total. The molecule has 1 rings (SSSR count). The Hall–Kier alpha value is -0.200. The van der Waals surface area contributed by atoms with E-state index in [9.17, 15) is 10.2 Å². The molecule has 0 aromatic carbocycles. The lowest BCUT2D eigenvalue weighted by atomic mass is 9.85. The Kier molecular flexibility index (Phi) is 9.38. The van der Waals surface area contributed by atoms with Crippen LogP contribution in [0.2, 0.25) is 0 Å². The van der Waals surface area contributed by atoms with Gasteiger partial charge in [0.25, 0.3) is 0 Å². The van der Waals surface area contributed by atoms with Crippen LogP contribution in [0.15, 0.2) is 0 Å². The molecule has 114 valence electrons. The van der Waals surface area contributed by atoms with Gasteiger partial charge in [0.05, 0.1) is 25.9 Å². The summed E-state index contributed by atoms with van der Waals surface area (Å²) < 4.78 is 10.5. The number of ether oxygens (including phenoxy) is 2. The molecule has 1 aliphatic rings. The van der Waals surface area contributed by atoms with Crippen molar-refractivity contribution in [3.63, 3.8) is 0 Å². The molecular formula is C14H29NO4. The summed E-state index contributed by atoms with van der Waals surface area (Å²) in [4.78, 5) is 0. The van der Waals surface area contributed by atoms with Crippen LogP contribution < -0.4 is 5.32 Å². The van der Waals surface area contributed by atoms with Crippen LogP contribution in [0, 0.1) is 5.92 Å². The minimum atomic E-state index is -0.497. The van der Waals surface area contributed by atoms with Crippen molar-refractivity contribution in [1.82, 2.24) is 5.32 Å². The van der Waals surface area contributed by atoms with Gasteiger partial charge < -0.3 is 25.0 Å². The van der Waals surface area contributed by atoms with E-state index in [-0.39, 0.29) is 6.61 Å². The lowest BCUT2D eigenvalue weighted by Gasteiger charge is -2.31. The average molecular weight is 275 g/mol. The molecule has 1 fully saturated rings. The molecule has 1 aliphatic carbocycles. The maximum atomic E-state index is 9.80. The number of hydrogen-bond donors (Lipinski definition) is 3. The van der Waals surface area contributed by atoms with Gasteiger partial charge in [0.2, 0.25) is 0 Å². The predicted molar refractivity (Wildman–Crippen MR) is 74.2 cm³/mol. The second-order valence-electron chi connectivity index (χ2n) is 5.17. The molecule has 1 saturated carbocycles. The zero-order chi connectivity index (χ0) is 13.9. The fourth-order valence-corrected chi connectivity index (χ4v) is 2.52. The highest BCUT2D eigenvalue weighted by molar-refractivity contribution is 4.81. The Labute approximate surface area is 116 Å². The summed E-state index contributed by atoms with van der Waals surface area (Å²) in [6.45, 7) is 4.82. The van der Waals surface area contributed by atoms with Crippen LogP contribution in [0.3, 0.4) is 0 Å². The van der Waals surface area contributed by atoms with E-state index >= 15 is 0 Å². The van der Waals surface area contributed by atoms with Gasteiger partial charge in [-0.1, -0.05) is 12.8 Å². The monoisotopic (exact) mass is 275 g/mol. The third-order valence-electron chi connectivity index (χ3n) is 3.65. The second-order valence-corrected chi connectivity index (χ2v) is 5.17. The summed E-state index contributed by atoms with van der Waals surface area (Å²) in [6.07, 6.45) is 4.07. The van der Waals surface area contributed by atoms with Crippen molar-refractivity contribution < 1.29 is 19.7 Å². The molecule has 3 atom stereocenters. The summed E-state index contributed by atoms with van der Waals surface area (Å²) in [7, 11) is 0. The predicted octanol–water partition coefficient (Wildman–Crippen LogP) is 0.541. The molecule has 0 heterocycles. The molecule has 0 aliphatic heterocycles. The Bertz CT molecular complexity index is 216. The van der Waals surface area contributed by atoms with E-state index in [1.54, 1.807) is 0 Å². The zero-order valence-corrected chi connectivity index (χ0v) is 12.0. The lowest BCUT2D eigenvalue weighted by Crippen LogP contribution is -2.44. The highest BCUT2D eigenvalue weighted by atomic mass is 16.5. The second kappa shape index (κ2) is 10.6. The van der Waals surface area contributed by atoms with Crippen molar-refractivity contribution in [2.24, 2.45) is 5.92 Å². The fourth-order valence-electron chi connectivity index (χ4n) is 2.52. The van der Waals surface area contributed by atoms with E-state index in [2.05, 4.69) is 5.32 Å². The first-order valence-corrected chi connectivity index (χ1v) is 7.45. The largest absolute Gasteiger partial charge is 0.396 e. The van der Waals surface area contributed by atoms with E-state index in [0.717, 1.165) is 12.8 Å². The molecule has 0 spiro atoms. The molecule has 0 amide bonds. The Morgan fingerprint density at radius 2 is 1.95 bits per heavy atom. The van der Waals surface area contributed by atoms with Gasteiger partial charge in [0.15, 0.2) is 0 Å². The van der Waals surface area contributed by atoms with Gasteiger partial charge in [0, 0.05) is 25.8 Å². The van der Waals surface area contributed by atoms with Crippen LogP contribution in [-0.4, -0.2) is 61.9 Å². The maximum absolute atomic E-state index is 9.80. The van der Waals surface area contributed by atoms with Crippen molar-refractivity contribution in [2.45, 2.75) is 44.8 Å². The topological polar surface area (TPSA) is 71.0 Å². The third kappa shape index (κ3) is 7.22. The van der Waals surface area contributed by atoms with Gasteiger partial charge in [-0.2, -0.15) is 0 Å². The first-order valence-electron chi connectivity index (χ1n) is 7.45. The van der Waals surface area contributed by atoms with Gasteiger partial charge in [-0.25, -0.2) is 0 Å². The fraction of sp³-hybridized carbons (Fsp3) is 1.00. The van der Waals surface area contributed by atoms with Crippen LogP contribution in [0.1, 0.15) is 32.6 Å². The van der Waals surface area contributed by atoms with Gasteiger partial charge in [-0.3, -0.25) is 0 Å². The number of rotatable bonds is 10. The van der Waals surface area contributed by atoms with Gasteiger partial charge in [-0.05, 0) is 25.7 Å². The van der Waals surface area contributed by atoms with Crippen molar-refractivity contribution >= 4 is 0 Å². The smallest absolute Gasteiger partial charge is 0.0897 e. The quantitative estimate of drug-likeness (QED) is 0.508. The summed E-state index contributed by atoms with van der Waals surface area (Å²) in [5.41, 5.74) is 0. The van der Waals surface area contributed by atoms with Gasteiger partial charge >= 0.3 is 0 Å². The Morgan fingerprint density at radius 3 is 2.68 bits per heavy atom. The summed E-state index contributed by atoms with van der Waals surface area (Å²) >= 11 is 0. The molecular weight excluding hydrogens is 246 g/mol. The van der Waals surface area contributed by atoms with E-state index < -0.39 is 6.10 Å². The van der Waals surface area contributed by atoms with Crippen LogP contribution in [0.4, 0.5) is 0 Å². The number of nitrogens with one attached hydrogen (secondary N) is 1. The van der Waals surface area contributed by atoms with Gasteiger partial charge in [0.1, 0.15) is 0 Å². The van der Waals surface area contributed by atoms with Crippen LogP contribution in [0.5, 0.6) is 0 Å². The van der Waals surface area contributed by atoms with Crippen molar-refractivity contribution in [1.29, 1.82) is 0 Å². The molecule has 5 nitrogen and oxygen atoms in total. The lowest BCUT2D eigenvalue weighted by molar-refractivity contribution is 0.00409. The van der Waals surface area contributed by atoms with E-state index in [1.165, 1.54) is 12.8 Å². The standard InChI is InChI=1S/C14H29NO4/c1-2-18-7-8-19-11-13(17)9-15-14-6-4-3-5-12(14)10-16/h12-17H,2-11H2,1H3. The van der Waals surface area contributed by atoms with Crippen LogP contribution in [0.25, 0.3) is 0 Å². The van der Waals surface area contributed by atoms with Crippen molar-refractivity contribution in [3.05, 3.63) is 0 Å². The van der Waals surface area contributed by atoms with Crippen LogP contribution in [-0.2, 0) is 9.47 Å². The molecule has 19 heavy (non-hydrogen) atoms. The number of aliphatic hydroxyl groups excluding tert-OH is 2. The zero-order valence-electron chi connectivity index (χ0n) is 12.0. The summed E-state index contributed by atoms with van der Waals surface area (Å²) in [5.74, 6) is 0.333. The van der Waals surface area contributed by atoms with E-state index in [0.29, 0.717) is 44.9 Å². The summed E-state index contributed by atoms with van der Waals surface area (Å²) in [6, 6.07) is 0.330. The molecule has 0 aromatic heterocycles. The normalized spacial score (nSPS) is 25.4. The minimum absolute atomic E-state index is 0.235. The van der Waals surface area contributed by atoms with Gasteiger partial charge in [-0.15, -0.1) is 0 Å². The Balaban J connectivity index is 2.06. The highest BCUT2D eigenvalue weighted by Gasteiger charge is 2.24.